The monoisotopic (exact) mass is 280 g/mol. The Morgan fingerprint density at radius 1 is 1.32 bits per heavy atom. The zero-order valence-corrected chi connectivity index (χ0v) is 11.9. The maximum absolute atomic E-state index is 5.79. The van der Waals surface area contributed by atoms with Crippen molar-refractivity contribution in [3.63, 3.8) is 0 Å². The van der Waals surface area contributed by atoms with Crippen molar-refractivity contribution in [2.24, 2.45) is 5.92 Å². The van der Waals surface area contributed by atoms with Gasteiger partial charge in [0.05, 0.1) is 12.2 Å². The SMILES string of the molecule is CC(C)CCOc1ccccc1-c1noc(CCl)n1. The van der Waals surface area contributed by atoms with Crippen molar-refractivity contribution >= 4 is 11.6 Å². The van der Waals surface area contributed by atoms with Crippen LogP contribution in [0.2, 0.25) is 0 Å². The average Bonchev–Trinajstić information content (AvgIpc) is 2.87. The number of rotatable bonds is 6. The fourth-order valence-corrected chi connectivity index (χ4v) is 1.71. The molecule has 1 heterocycles. The minimum atomic E-state index is 0.212. The molecule has 4 nitrogen and oxygen atoms in total. The van der Waals surface area contributed by atoms with E-state index in [4.69, 9.17) is 20.9 Å². The van der Waals surface area contributed by atoms with Crippen molar-refractivity contribution < 1.29 is 9.26 Å². The number of alkyl halides is 1. The standard InChI is InChI=1S/C14H17ClN2O2/c1-10(2)7-8-18-12-6-4-3-5-11(12)14-16-13(9-15)19-17-14/h3-6,10H,7-9H2,1-2H3. The van der Waals surface area contributed by atoms with Crippen LogP contribution >= 0.6 is 11.6 Å². The number of nitrogens with zero attached hydrogens (tertiary/aromatic N) is 2. The number of halogens is 1. The number of hydrogen-bond donors (Lipinski definition) is 0. The average molecular weight is 281 g/mol. The lowest BCUT2D eigenvalue weighted by Gasteiger charge is -2.10. The Bertz CT molecular complexity index is 526. The van der Waals surface area contributed by atoms with Crippen molar-refractivity contribution in [1.82, 2.24) is 10.1 Å². The Morgan fingerprint density at radius 3 is 2.79 bits per heavy atom. The van der Waals surface area contributed by atoms with Gasteiger partial charge in [-0.1, -0.05) is 31.1 Å². The van der Waals surface area contributed by atoms with Gasteiger partial charge in [0, 0.05) is 0 Å². The van der Waals surface area contributed by atoms with E-state index in [0.717, 1.165) is 17.7 Å². The smallest absolute Gasteiger partial charge is 0.241 e. The van der Waals surface area contributed by atoms with Crippen LogP contribution in [0.25, 0.3) is 11.4 Å². The summed E-state index contributed by atoms with van der Waals surface area (Å²) in [6, 6.07) is 7.66. The van der Waals surface area contributed by atoms with Crippen LogP contribution in [-0.2, 0) is 5.88 Å². The molecule has 1 aromatic carbocycles. The Morgan fingerprint density at radius 2 is 2.11 bits per heavy atom. The van der Waals surface area contributed by atoms with Crippen LogP contribution in [0.4, 0.5) is 0 Å². The van der Waals surface area contributed by atoms with Crippen LogP contribution in [0, 0.1) is 5.92 Å². The summed E-state index contributed by atoms with van der Waals surface area (Å²) in [5.74, 6) is 2.51. The predicted molar refractivity (Wildman–Crippen MR) is 74.2 cm³/mol. The summed E-state index contributed by atoms with van der Waals surface area (Å²) < 4.78 is 10.8. The molecule has 2 rings (SSSR count). The van der Waals surface area contributed by atoms with Crippen LogP contribution in [-0.4, -0.2) is 16.7 Å². The van der Waals surface area contributed by atoms with E-state index in [1.165, 1.54) is 0 Å². The van der Waals surface area contributed by atoms with Gasteiger partial charge in [-0.25, -0.2) is 0 Å². The van der Waals surface area contributed by atoms with Crippen LogP contribution in [0.15, 0.2) is 28.8 Å². The molecule has 0 aliphatic rings. The fraction of sp³-hybridized carbons (Fsp3) is 0.429. The van der Waals surface area contributed by atoms with Crippen molar-refractivity contribution in [2.75, 3.05) is 6.61 Å². The van der Waals surface area contributed by atoms with E-state index in [9.17, 15) is 0 Å². The first-order valence-electron chi connectivity index (χ1n) is 6.31. The van der Waals surface area contributed by atoms with Crippen LogP contribution < -0.4 is 4.74 Å². The molecule has 0 aliphatic carbocycles. The first-order valence-corrected chi connectivity index (χ1v) is 6.85. The molecular weight excluding hydrogens is 264 g/mol. The number of ether oxygens (including phenoxy) is 1. The largest absolute Gasteiger partial charge is 0.493 e. The van der Waals surface area contributed by atoms with Crippen molar-refractivity contribution in [3.05, 3.63) is 30.2 Å². The molecule has 0 aliphatic heterocycles. The molecule has 0 fully saturated rings. The van der Waals surface area contributed by atoms with E-state index in [2.05, 4.69) is 24.0 Å². The molecule has 0 bridgehead atoms. The van der Waals surface area contributed by atoms with Crippen LogP contribution in [0.3, 0.4) is 0 Å². The normalized spacial score (nSPS) is 10.9. The maximum atomic E-state index is 5.79. The van der Waals surface area contributed by atoms with Gasteiger partial charge in [-0.05, 0) is 24.5 Å². The van der Waals surface area contributed by atoms with E-state index in [1.807, 2.05) is 24.3 Å². The molecule has 0 amide bonds. The Hall–Kier alpha value is -1.55. The third-order valence-corrected chi connectivity index (χ3v) is 2.89. The number of aromatic nitrogens is 2. The highest BCUT2D eigenvalue weighted by Gasteiger charge is 2.12. The molecule has 0 saturated carbocycles. The molecule has 1 aromatic heterocycles. The fourth-order valence-electron chi connectivity index (χ4n) is 1.60. The number of hydrogen-bond acceptors (Lipinski definition) is 4. The van der Waals surface area contributed by atoms with Crippen molar-refractivity contribution in [3.8, 4) is 17.1 Å². The second kappa shape index (κ2) is 6.57. The van der Waals surface area contributed by atoms with Crippen LogP contribution in [0.1, 0.15) is 26.2 Å². The number of benzene rings is 1. The van der Waals surface area contributed by atoms with E-state index >= 15 is 0 Å². The highest BCUT2D eigenvalue weighted by atomic mass is 35.5. The first-order chi connectivity index (χ1) is 9.20. The second-order valence-electron chi connectivity index (χ2n) is 4.67. The number of para-hydroxylation sites is 1. The summed E-state index contributed by atoms with van der Waals surface area (Å²) in [6.07, 6.45) is 1.01. The van der Waals surface area contributed by atoms with Gasteiger partial charge in [0.2, 0.25) is 11.7 Å². The first kappa shape index (κ1) is 13.9. The highest BCUT2D eigenvalue weighted by Crippen LogP contribution is 2.28. The summed E-state index contributed by atoms with van der Waals surface area (Å²) in [7, 11) is 0. The van der Waals surface area contributed by atoms with Gasteiger partial charge in [0.1, 0.15) is 11.6 Å². The van der Waals surface area contributed by atoms with Crippen molar-refractivity contribution in [1.29, 1.82) is 0 Å². The molecule has 102 valence electrons. The molecule has 0 spiro atoms. The van der Waals surface area contributed by atoms with Crippen molar-refractivity contribution in [2.45, 2.75) is 26.1 Å². The molecule has 0 radical (unpaired) electrons. The van der Waals surface area contributed by atoms with Crippen LogP contribution in [0.5, 0.6) is 5.75 Å². The van der Waals surface area contributed by atoms with Gasteiger partial charge in [-0.15, -0.1) is 11.6 Å². The summed E-state index contributed by atoms with van der Waals surface area (Å²) >= 11 is 5.66. The molecule has 0 unspecified atom stereocenters. The quantitative estimate of drug-likeness (QED) is 0.753. The van der Waals surface area contributed by atoms with Gasteiger partial charge in [0.15, 0.2) is 0 Å². The molecular formula is C14H17ClN2O2. The van der Waals surface area contributed by atoms with Gasteiger partial charge in [0.25, 0.3) is 0 Å². The zero-order chi connectivity index (χ0) is 13.7. The summed E-state index contributed by atoms with van der Waals surface area (Å²) in [5.41, 5.74) is 0.825. The predicted octanol–water partition coefficient (Wildman–Crippen LogP) is 3.90. The molecule has 2 aromatic rings. The lowest BCUT2D eigenvalue weighted by atomic mass is 10.1. The molecule has 0 saturated heterocycles. The molecule has 19 heavy (non-hydrogen) atoms. The summed E-state index contributed by atoms with van der Waals surface area (Å²) in [6.45, 7) is 5.01. The molecule has 0 N–H and O–H groups in total. The summed E-state index contributed by atoms with van der Waals surface area (Å²) in [4.78, 5) is 4.21. The van der Waals surface area contributed by atoms with Gasteiger partial charge < -0.3 is 9.26 Å². The topological polar surface area (TPSA) is 48.2 Å². The third kappa shape index (κ3) is 3.70. The molecule has 0 atom stereocenters. The lowest BCUT2D eigenvalue weighted by Crippen LogP contribution is -2.02. The molecule has 5 heteroatoms. The van der Waals surface area contributed by atoms with Gasteiger partial charge >= 0.3 is 0 Å². The minimum Gasteiger partial charge on any atom is -0.493 e. The van der Waals surface area contributed by atoms with E-state index in [0.29, 0.717) is 24.2 Å². The maximum Gasteiger partial charge on any atom is 0.241 e. The Labute approximate surface area is 117 Å². The van der Waals surface area contributed by atoms with Gasteiger partial charge in [-0.3, -0.25) is 0 Å². The lowest BCUT2D eigenvalue weighted by molar-refractivity contribution is 0.290. The zero-order valence-electron chi connectivity index (χ0n) is 11.1. The highest BCUT2D eigenvalue weighted by molar-refractivity contribution is 6.16. The van der Waals surface area contributed by atoms with E-state index in [1.54, 1.807) is 0 Å². The second-order valence-corrected chi connectivity index (χ2v) is 4.94. The van der Waals surface area contributed by atoms with Gasteiger partial charge in [-0.2, -0.15) is 4.98 Å². The Balaban J connectivity index is 2.15. The minimum absolute atomic E-state index is 0.212. The third-order valence-electron chi connectivity index (χ3n) is 2.66. The van der Waals surface area contributed by atoms with E-state index in [-0.39, 0.29) is 5.88 Å². The Kier molecular flexibility index (Phi) is 4.80. The van der Waals surface area contributed by atoms with E-state index < -0.39 is 0 Å². The summed E-state index contributed by atoms with van der Waals surface area (Å²) in [5, 5.41) is 3.91.